The van der Waals surface area contributed by atoms with E-state index in [1.54, 1.807) is 32.4 Å². The van der Waals surface area contributed by atoms with Crippen molar-refractivity contribution in [3.8, 4) is 0 Å². The minimum Gasteiger partial charge on any atom is -0.409 e. The molecule has 0 radical (unpaired) electrons. The number of amidine groups is 3. The van der Waals surface area contributed by atoms with E-state index < -0.39 is 0 Å². The summed E-state index contributed by atoms with van der Waals surface area (Å²) in [5.74, 6) is 0.330. The van der Waals surface area contributed by atoms with Gasteiger partial charge >= 0.3 is 0 Å². The minimum absolute atomic E-state index is 0.0000715. The maximum atomic E-state index is 8.61. The minimum atomic E-state index is -0.0000715. The number of benzene rings is 3. The fourth-order valence-electron chi connectivity index (χ4n) is 4.18. The smallest absolute Gasteiger partial charge is 0.170 e. The van der Waals surface area contributed by atoms with E-state index in [0.717, 1.165) is 54.0 Å². The number of rotatable bonds is 17. The highest BCUT2D eigenvalue weighted by Crippen LogP contribution is 2.09. The van der Waals surface area contributed by atoms with Gasteiger partial charge in [-0.05, 0) is 49.0 Å². The van der Waals surface area contributed by atoms with Crippen LogP contribution in [0.1, 0.15) is 33.4 Å². The van der Waals surface area contributed by atoms with E-state index in [-0.39, 0.29) is 24.1 Å². The molecule has 3 aromatic rings. The lowest BCUT2D eigenvalue weighted by Gasteiger charge is -2.16. The zero-order valence-electron chi connectivity index (χ0n) is 28.8. The lowest BCUT2D eigenvalue weighted by molar-refractivity contribution is 0.0815. The SMILES string of the molecule is COCCN(C)Cc1cccc(C(N)=NO)c1.COCCN(C)Cc1cccc(C(N)=NO)c1.NC(=NO)c1cccc(COCCO)c1. The van der Waals surface area contributed by atoms with Gasteiger partial charge in [-0.15, -0.1) is 0 Å². The predicted octanol–water partition coefficient (Wildman–Crippen LogP) is 2.01. The van der Waals surface area contributed by atoms with Crippen LogP contribution >= 0.6 is 0 Å². The summed E-state index contributed by atoms with van der Waals surface area (Å²) in [6, 6.07) is 22.4. The Morgan fingerprint density at radius 1 is 0.612 bits per heavy atom. The first kappa shape index (κ1) is 42.3. The first-order chi connectivity index (χ1) is 23.6. The van der Waals surface area contributed by atoms with Crippen LogP contribution in [0.15, 0.2) is 88.3 Å². The third kappa shape index (κ3) is 17.8. The molecule has 0 aromatic heterocycles. The van der Waals surface area contributed by atoms with Crippen LogP contribution in [0.5, 0.6) is 0 Å². The van der Waals surface area contributed by atoms with Gasteiger partial charge in [-0.3, -0.25) is 9.80 Å². The molecule has 3 aromatic carbocycles. The van der Waals surface area contributed by atoms with Crippen LogP contribution in [-0.4, -0.2) is 116 Å². The van der Waals surface area contributed by atoms with Crippen molar-refractivity contribution in [1.29, 1.82) is 0 Å². The fraction of sp³-hybridized carbons (Fsp3) is 0.382. The second-order valence-electron chi connectivity index (χ2n) is 10.8. The summed E-state index contributed by atoms with van der Waals surface area (Å²) >= 11 is 0. The highest BCUT2D eigenvalue weighted by molar-refractivity contribution is 5.98. The summed E-state index contributed by atoms with van der Waals surface area (Å²) in [6.45, 7) is 5.44. The van der Waals surface area contributed by atoms with Gasteiger partial charge in [0.2, 0.25) is 0 Å². The molecule has 0 bridgehead atoms. The topological polar surface area (TPSA) is 230 Å². The fourth-order valence-corrected chi connectivity index (χ4v) is 4.18. The Hall–Kier alpha value is -4.77. The van der Waals surface area contributed by atoms with Gasteiger partial charge in [-0.2, -0.15) is 0 Å². The zero-order chi connectivity index (χ0) is 36.4. The van der Waals surface area contributed by atoms with Crippen molar-refractivity contribution in [3.05, 3.63) is 106 Å². The molecule has 0 fully saturated rings. The van der Waals surface area contributed by atoms with Crippen molar-refractivity contribution in [1.82, 2.24) is 9.80 Å². The Kier molecular flexibility index (Phi) is 21.8. The number of ether oxygens (including phenoxy) is 3. The van der Waals surface area contributed by atoms with E-state index >= 15 is 0 Å². The van der Waals surface area contributed by atoms with E-state index in [9.17, 15) is 0 Å². The normalized spacial score (nSPS) is 11.9. The number of oxime groups is 3. The highest BCUT2D eigenvalue weighted by Gasteiger charge is 2.05. The van der Waals surface area contributed by atoms with Gasteiger partial charge in [0, 0.05) is 57.1 Å². The van der Waals surface area contributed by atoms with E-state index in [4.69, 9.17) is 52.1 Å². The summed E-state index contributed by atoms with van der Waals surface area (Å²) < 4.78 is 15.2. The Bertz CT molecular complexity index is 1370. The highest BCUT2D eigenvalue weighted by atomic mass is 16.5. The summed E-state index contributed by atoms with van der Waals surface area (Å²) in [4.78, 5) is 4.30. The molecular formula is C34H52N8O7. The van der Waals surface area contributed by atoms with Crippen molar-refractivity contribution >= 4 is 17.5 Å². The van der Waals surface area contributed by atoms with Gasteiger partial charge in [0.25, 0.3) is 0 Å². The molecule has 270 valence electrons. The summed E-state index contributed by atoms with van der Waals surface area (Å²) in [5, 5.41) is 43.1. The quantitative estimate of drug-likeness (QED) is 0.0356. The number of aliphatic hydroxyl groups is 1. The van der Waals surface area contributed by atoms with Crippen LogP contribution < -0.4 is 17.2 Å². The van der Waals surface area contributed by atoms with Crippen LogP contribution in [0, 0.1) is 0 Å². The molecule has 0 aliphatic rings. The van der Waals surface area contributed by atoms with Crippen molar-refractivity contribution in [2.75, 3.05) is 67.8 Å². The van der Waals surface area contributed by atoms with E-state index in [1.165, 1.54) is 0 Å². The molecule has 0 atom stereocenters. The molecule has 0 aliphatic heterocycles. The first-order valence-electron chi connectivity index (χ1n) is 15.4. The molecule has 15 nitrogen and oxygen atoms in total. The molecule has 0 saturated carbocycles. The number of hydrogen-bond acceptors (Lipinski definition) is 12. The van der Waals surface area contributed by atoms with Gasteiger partial charge in [0.05, 0.1) is 33.0 Å². The van der Waals surface area contributed by atoms with Crippen LogP contribution in [0.2, 0.25) is 0 Å². The zero-order valence-corrected chi connectivity index (χ0v) is 28.8. The molecule has 0 unspecified atom stereocenters. The second kappa shape index (κ2) is 25.3. The Morgan fingerprint density at radius 2 is 0.980 bits per heavy atom. The Labute approximate surface area is 288 Å². The molecular weight excluding hydrogens is 632 g/mol. The molecule has 0 amide bonds. The summed E-state index contributed by atoms with van der Waals surface area (Å²) in [7, 11) is 7.42. The predicted molar refractivity (Wildman–Crippen MR) is 190 cm³/mol. The number of nitrogens with two attached hydrogens (primary N) is 3. The molecule has 0 saturated heterocycles. The maximum absolute atomic E-state index is 8.61. The van der Waals surface area contributed by atoms with Gasteiger partial charge in [-0.25, -0.2) is 0 Å². The number of methoxy groups -OCH3 is 2. The molecule has 0 spiro atoms. The van der Waals surface area contributed by atoms with Crippen LogP contribution in [0.4, 0.5) is 0 Å². The monoisotopic (exact) mass is 684 g/mol. The van der Waals surface area contributed by atoms with Crippen LogP contribution in [0.3, 0.4) is 0 Å². The Morgan fingerprint density at radius 3 is 1.33 bits per heavy atom. The van der Waals surface area contributed by atoms with Gasteiger partial charge < -0.3 is 52.1 Å². The van der Waals surface area contributed by atoms with Crippen molar-refractivity contribution in [2.45, 2.75) is 19.7 Å². The van der Waals surface area contributed by atoms with E-state index in [0.29, 0.717) is 32.0 Å². The molecule has 3 rings (SSSR count). The lowest BCUT2D eigenvalue weighted by Crippen LogP contribution is -2.22. The molecule has 0 aliphatic carbocycles. The van der Waals surface area contributed by atoms with Crippen LogP contribution in [-0.2, 0) is 33.9 Å². The third-order valence-corrected chi connectivity index (χ3v) is 6.76. The summed E-state index contributed by atoms with van der Waals surface area (Å²) in [5.41, 5.74) is 21.8. The van der Waals surface area contributed by atoms with Crippen LogP contribution in [0.25, 0.3) is 0 Å². The standard InChI is InChI=1S/2C12H19N3O2.C10H14N2O3/c2*1-15(6-7-17-2)9-10-4-3-5-11(8-10)12(13)14-16;11-10(12-14)9-3-1-2-8(6-9)7-15-5-4-13/h2*3-5,8,16H,6-7,9H2,1-2H3,(H2,13,14);1-3,6,13-14H,4-5,7H2,(H2,11,12). The number of likely N-dealkylation sites (N-methyl/N-ethyl adjacent to an activating group) is 2. The van der Waals surface area contributed by atoms with E-state index in [1.807, 2.05) is 68.7 Å². The lowest BCUT2D eigenvalue weighted by atomic mass is 10.1. The summed E-state index contributed by atoms with van der Waals surface area (Å²) in [6.07, 6.45) is 0. The average molecular weight is 685 g/mol. The van der Waals surface area contributed by atoms with Crippen molar-refractivity contribution in [2.24, 2.45) is 32.7 Å². The van der Waals surface area contributed by atoms with Gasteiger partial charge in [0.1, 0.15) is 0 Å². The van der Waals surface area contributed by atoms with E-state index in [2.05, 4.69) is 25.3 Å². The molecule has 49 heavy (non-hydrogen) atoms. The Balaban J connectivity index is 0.000000368. The molecule has 10 N–H and O–H groups in total. The molecule has 0 heterocycles. The average Bonchev–Trinajstić information content (AvgIpc) is 3.13. The number of hydrogen-bond donors (Lipinski definition) is 7. The third-order valence-electron chi connectivity index (χ3n) is 6.76. The van der Waals surface area contributed by atoms with Crippen molar-refractivity contribution in [3.63, 3.8) is 0 Å². The maximum Gasteiger partial charge on any atom is 0.170 e. The number of nitrogens with zero attached hydrogens (tertiary/aromatic N) is 5. The molecule has 15 heteroatoms. The largest absolute Gasteiger partial charge is 0.409 e. The number of aliphatic hydroxyl groups excluding tert-OH is 1. The second-order valence-corrected chi connectivity index (χ2v) is 10.8. The van der Waals surface area contributed by atoms with Gasteiger partial charge in [0.15, 0.2) is 17.5 Å². The van der Waals surface area contributed by atoms with Crippen molar-refractivity contribution < 1.29 is 34.9 Å². The first-order valence-corrected chi connectivity index (χ1v) is 15.4. The van der Waals surface area contributed by atoms with Gasteiger partial charge in [-0.1, -0.05) is 70.1 Å².